The van der Waals surface area contributed by atoms with Crippen LogP contribution in [0.5, 0.6) is 0 Å². The van der Waals surface area contributed by atoms with Crippen LogP contribution in [0.25, 0.3) is 0 Å². The predicted octanol–water partition coefficient (Wildman–Crippen LogP) is 2.82. The minimum absolute atomic E-state index is 0.773. The first-order valence-corrected chi connectivity index (χ1v) is 5.24. The third-order valence-corrected chi connectivity index (χ3v) is 2.35. The van der Waals surface area contributed by atoms with Crippen molar-refractivity contribution >= 4 is 0 Å². The van der Waals surface area contributed by atoms with E-state index in [-0.39, 0.29) is 0 Å². The van der Waals surface area contributed by atoms with Gasteiger partial charge >= 0.3 is 0 Å². The highest BCUT2D eigenvalue weighted by Crippen LogP contribution is 2.11. The molecule has 0 aromatic heterocycles. The van der Waals surface area contributed by atoms with Crippen LogP contribution in [-0.2, 0) is 0 Å². The minimum Gasteiger partial charge on any atom is -0.397 e. The second-order valence-corrected chi connectivity index (χ2v) is 3.28. The Balaban J connectivity index is 4.96. The number of nitrogens with zero attached hydrogens (tertiary/aromatic N) is 1. The van der Waals surface area contributed by atoms with Crippen LogP contribution in [0.4, 0.5) is 0 Å². The highest BCUT2D eigenvalue weighted by molar-refractivity contribution is 5.38. The Labute approximate surface area is 93.5 Å². The lowest BCUT2D eigenvalue weighted by Crippen LogP contribution is -2.21. The number of rotatable bonds is 5. The average Bonchev–Trinajstić information content (AvgIpc) is 2.26. The third kappa shape index (κ3) is 4.07. The Hall–Kier alpha value is -1.44. The van der Waals surface area contributed by atoms with Crippen LogP contribution in [-0.4, -0.2) is 18.5 Å². The topological polar surface area (TPSA) is 29.3 Å². The van der Waals surface area contributed by atoms with Crippen molar-refractivity contribution < 1.29 is 0 Å². The van der Waals surface area contributed by atoms with Crippen LogP contribution in [0.3, 0.4) is 0 Å². The molecule has 0 aliphatic heterocycles. The number of hydrogen-bond donors (Lipinski definition) is 1. The van der Waals surface area contributed by atoms with E-state index in [2.05, 4.69) is 18.4 Å². The molecular formula is C13H22N2. The van der Waals surface area contributed by atoms with E-state index in [0.717, 1.165) is 23.5 Å². The fourth-order valence-corrected chi connectivity index (χ4v) is 1.29. The molecule has 15 heavy (non-hydrogen) atoms. The van der Waals surface area contributed by atoms with E-state index in [1.165, 1.54) is 0 Å². The summed E-state index contributed by atoms with van der Waals surface area (Å²) in [5.74, 6) is 0. The van der Waals surface area contributed by atoms with Gasteiger partial charge in [-0.15, -0.1) is 0 Å². The summed E-state index contributed by atoms with van der Waals surface area (Å²) < 4.78 is 0. The molecule has 0 aliphatic rings. The summed E-state index contributed by atoms with van der Waals surface area (Å²) in [5.41, 5.74) is 8.89. The Morgan fingerprint density at radius 3 is 2.27 bits per heavy atom. The molecule has 0 fully saturated rings. The van der Waals surface area contributed by atoms with E-state index < -0.39 is 0 Å². The fraction of sp³-hybridized carbons (Fsp3) is 0.385. The maximum Gasteiger partial charge on any atom is 0.0554 e. The molecule has 0 amide bonds. The van der Waals surface area contributed by atoms with Crippen molar-refractivity contribution in [2.45, 2.75) is 20.8 Å². The molecule has 0 saturated heterocycles. The van der Waals surface area contributed by atoms with Gasteiger partial charge in [0, 0.05) is 13.6 Å². The Bertz CT molecular complexity index is 296. The van der Waals surface area contributed by atoms with Crippen LogP contribution >= 0.6 is 0 Å². The zero-order valence-electron chi connectivity index (χ0n) is 10.2. The van der Waals surface area contributed by atoms with Gasteiger partial charge in [-0.2, -0.15) is 0 Å². The van der Waals surface area contributed by atoms with Crippen molar-refractivity contribution in [1.82, 2.24) is 4.90 Å². The van der Waals surface area contributed by atoms with Gasteiger partial charge in [-0.1, -0.05) is 24.8 Å². The van der Waals surface area contributed by atoms with Crippen molar-refractivity contribution in [3.05, 3.63) is 47.9 Å². The molecule has 0 bridgehead atoms. The van der Waals surface area contributed by atoms with Crippen LogP contribution < -0.4 is 5.73 Å². The van der Waals surface area contributed by atoms with Crippen LogP contribution in [0.15, 0.2) is 47.9 Å². The van der Waals surface area contributed by atoms with Crippen molar-refractivity contribution in [3.63, 3.8) is 0 Å². The molecule has 0 aromatic rings. The smallest absolute Gasteiger partial charge is 0.0554 e. The van der Waals surface area contributed by atoms with E-state index in [4.69, 9.17) is 5.73 Å². The Morgan fingerprint density at radius 1 is 1.33 bits per heavy atom. The molecule has 0 aliphatic carbocycles. The summed E-state index contributed by atoms with van der Waals surface area (Å²) in [6.07, 6.45) is 7.74. The van der Waals surface area contributed by atoms with E-state index in [1.807, 2.05) is 39.1 Å². The van der Waals surface area contributed by atoms with Gasteiger partial charge in [0.2, 0.25) is 0 Å². The van der Waals surface area contributed by atoms with Crippen LogP contribution in [0.2, 0.25) is 0 Å². The summed E-state index contributed by atoms with van der Waals surface area (Å²) in [7, 11) is 2.03. The van der Waals surface area contributed by atoms with Gasteiger partial charge in [0.25, 0.3) is 0 Å². The standard InChI is InChI=1S/C13H22N2/c1-6-11(7-2)10-12(14)13(8-3)15(5)9-4/h6-8,10H,1,9,14H2,2-5H3/b11-7-,12-10+,13-8+. The molecule has 0 unspecified atom stereocenters. The molecule has 84 valence electrons. The highest BCUT2D eigenvalue weighted by Gasteiger charge is 2.04. The van der Waals surface area contributed by atoms with Crippen molar-refractivity contribution in [2.24, 2.45) is 5.73 Å². The molecule has 0 rings (SSSR count). The number of nitrogens with two attached hydrogens (primary N) is 1. The molecule has 0 heterocycles. The van der Waals surface area contributed by atoms with Crippen molar-refractivity contribution in [2.75, 3.05) is 13.6 Å². The van der Waals surface area contributed by atoms with E-state index in [0.29, 0.717) is 0 Å². The second-order valence-electron chi connectivity index (χ2n) is 3.28. The summed E-state index contributed by atoms with van der Waals surface area (Å²) in [5, 5.41) is 0. The maximum atomic E-state index is 6.02. The quantitative estimate of drug-likeness (QED) is 0.701. The van der Waals surface area contributed by atoms with Crippen LogP contribution in [0, 0.1) is 0 Å². The SMILES string of the molecule is C=CC(=C/C)/C=C(N)\C(=C/C)N(C)CC. The molecule has 2 N–H and O–H groups in total. The van der Waals surface area contributed by atoms with Gasteiger partial charge in [0.15, 0.2) is 0 Å². The summed E-state index contributed by atoms with van der Waals surface area (Å²) in [6, 6.07) is 0. The van der Waals surface area contributed by atoms with Gasteiger partial charge < -0.3 is 10.6 Å². The van der Waals surface area contributed by atoms with Gasteiger partial charge in [0.1, 0.15) is 0 Å². The second kappa shape index (κ2) is 6.93. The van der Waals surface area contributed by atoms with Crippen molar-refractivity contribution in [3.8, 4) is 0 Å². The van der Waals surface area contributed by atoms with E-state index >= 15 is 0 Å². The lowest BCUT2D eigenvalue weighted by Gasteiger charge is -2.21. The first kappa shape index (κ1) is 13.6. The predicted molar refractivity (Wildman–Crippen MR) is 68.3 cm³/mol. The number of likely N-dealkylation sites (N-methyl/N-ethyl adjacent to an activating group) is 1. The highest BCUT2D eigenvalue weighted by atomic mass is 15.1. The zero-order chi connectivity index (χ0) is 11.8. The zero-order valence-corrected chi connectivity index (χ0v) is 10.2. The molecule has 2 nitrogen and oxygen atoms in total. The monoisotopic (exact) mass is 206 g/mol. The molecule has 0 aromatic carbocycles. The summed E-state index contributed by atoms with van der Waals surface area (Å²) >= 11 is 0. The largest absolute Gasteiger partial charge is 0.397 e. The fourth-order valence-electron chi connectivity index (χ4n) is 1.29. The van der Waals surface area contributed by atoms with Gasteiger partial charge in [-0.25, -0.2) is 0 Å². The molecule has 0 saturated carbocycles. The molecule has 0 atom stereocenters. The molecule has 0 spiro atoms. The number of hydrogen-bond acceptors (Lipinski definition) is 2. The maximum absolute atomic E-state index is 6.02. The first-order valence-electron chi connectivity index (χ1n) is 5.24. The van der Waals surface area contributed by atoms with Crippen LogP contribution in [0.1, 0.15) is 20.8 Å². The summed E-state index contributed by atoms with van der Waals surface area (Å²) in [6.45, 7) is 10.7. The molecule has 2 heteroatoms. The summed E-state index contributed by atoms with van der Waals surface area (Å²) in [4.78, 5) is 2.11. The van der Waals surface area contributed by atoms with Gasteiger partial charge in [-0.3, -0.25) is 0 Å². The first-order chi connectivity index (χ1) is 7.10. The van der Waals surface area contributed by atoms with E-state index in [1.54, 1.807) is 6.08 Å². The third-order valence-electron chi connectivity index (χ3n) is 2.35. The van der Waals surface area contributed by atoms with Gasteiger partial charge in [-0.05, 0) is 32.4 Å². The minimum atomic E-state index is 0.773. The molecular weight excluding hydrogens is 184 g/mol. The van der Waals surface area contributed by atoms with E-state index in [9.17, 15) is 0 Å². The lowest BCUT2D eigenvalue weighted by molar-refractivity contribution is 0.448. The number of allylic oxidation sites excluding steroid dienone is 5. The van der Waals surface area contributed by atoms with Gasteiger partial charge in [0.05, 0.1) is 11.4 Å². The van der Waals surface area contributed by atoms with Crippen molar-refractivity contribution in [1.29, 1.82) is 0 Å². The Morgan fingerprint density at radius 2 is 1.93 bits per heavy atom. The molecule has 0 radical (unpaired) electrons. The average molecular weight is 206 g/mol. The Kier molecular flexibility index (Phi) is 6.27. The normalized spacial score (nSPS) is 14.0. The lowest BCUT2D eigenvalue weighted by atomic mass is 10.1.